The third kappa shape index (κ3) is 2.44. The van der Waals surface area contributed by atoms with Gasteiger partial charge in [0.15, 0.2) is 5.82 Å². The zero-order valence-corrected chi connectivity index (χ0v) is 13.2. The summed E-state index contributed by atoms with van der Waals surface area (Å²) in [4.78, 5) is 31.4. The lowest BCUT2D eigenvalue weighted by Gasteiger charge is -2.14. The Morgan fingerprint density at radius 1 is 1.08 bits per heavy atom. The van der Waals surface area contributed by atoms with Crippen LogP contribution < -0.4 is 0 Å². The summed E-state index contributed by atoms with van der Waals surface area (Å²) in [5, 5.41) is 0. The molecule has 4 rings (SSSR count). The Bertz CT molecular complexity index is 858. The molecule has 1 aliphatic heterocycles. The minimum atomic E-state index is -0.206. The number of amides is 1. The van der Waals surface area contributed by atoms with E-state index in [4.69, 9.17) is 0 Å². The van der Waals surface area contributed by atoms with Crippen molar-refractivity contribution in [2.75, 3.05) is 13.6 Å². The molecule has 1 atom stereocenters. The summed E-state index contributed by atoms with van der Waals surface area (Å²) in [7, 11) is 1.82. The molecule has 0 saturated carbocycles. The number of hydrogen-bond acceptors (Lipinski definition) is 5. The number of carbonyl (C=O) groups excluding carboxylic acids is 1. The fraction of sp³-hybridized carbons (Fsp3) is 0.235. The van der Waals surface area contributed by atoms with Gasteiger partial charge in [0.25, 0.3) is 0 Å². The van der Waals surface area contributed by atoms with Crippen molar-refractivity contribution >= 4 is 5.91 Å². The molecule has 1 amide bonds. The SMILES string of the molecule is CN1CC[C@@H](n2ccnc2-c2cnc(-c3ccccn3)nc2)C1=O. The second-order valence-electron chi connectivity index (χ2n) is 5.73. The first kappa shape index (κ1) is 14.5. The maximum absolute atomic E-state index is 12.3. The van der Waals surface area contributed by atoms with Gasteiger partial charge in [0.2, 0.25) is 5.91 Å². The molecule has 0 N–H and O–H groups in total. The third-order valence-electron chi connectivity index (χ3n) is 4.21. The molecule has 0 spiro atoms. The number of hydrogen-bond donors (Lipinski definition) is 0. The first-order chi connectivity index (χ1) is 11.7. The van der Waals surface area contributed by atoms with E-state index in [2.05, 4.69) is 19.9 Å². The molecule has 7 heteroatoms. The smallest absolute Gasteiger partial charge is 0.245 e. The maximum Gasteiger partial charge on any atom is 0.245 e. The average molecular weight is 320 g/mol. The standard InChI is InChI=1S/C17H16N6O/c1-22-8-5-14(17(22)24)23-9-7-19-16(23)12-10-20-15(21-11-12)13-4-2-3-6-18-13/h2-4,6-7,9-11,14H,5,8H2,1H3/t14-/m1/s1. The van der Waals surface area contributed by atoms with Gasteiger partial charge in [-0.2, -0.15) is 0 Å². The van der Waals surface area contributed by atoms with Gasteiger partial charge < -0.3 is 9.47 Å². The van der Waals surface area contributed by atoms with Crippen LogP contribution in [0.3, 0.4) is 0 Å². The number of likely N-dealkylation sites (N-methyl/N-ethyl adjacent to an activating group) is 1. The molecule has 3 aromatic heterocycles. The van der Waals surface area contributed by atoms with Crippen LogP contribution in [0.5, 0.6) is 0 Å². The number of imidazole rings is 1. The molecular formula is C17H16N6O. The van der Waals surface area contributed by atoms with E-state index in [1.807, 2.05) is 36.0 Å². The van der Waals surface area contributed by atoms with Crippen molar-refractivity contribution in [1.29, 1.82) is 0 Å². The Labute approximate surface area is 139 Å². The van der Waals surface area contributed by atoms with Crippen LogP contribution in [0.4, 0.5) is 0 Å². The van der Waals surface area contributed by atoms with E-state index in [1.165, 1.54) is 0 Å². The van der Waals surface area contributed by atoms with Gasteiger partial charge >= 0.3 is 0 Å². The second-order valence-corrected chi connectivity index (χ2v) is 5.73. The van der Waals surface area contributed by atoms with Crippen LogP contribution in [0, 0.1) is 0 Å². The summed E-state index contributed by atoms with van der Waals surface area (Å²) in [6.45, 7) is 0.760. The highest BCUT2D eigenvalue weighted by molar-refractivity contribution is 5.83. The molecule has 4 heterocycles. The van der Waals surface area contributed by atoms with Crippen molar-refractivity contribution in [1.82, 2.24) is 29.4 Å². The van der Waals surface area contributed by atoms with Crippen molar-refractivity contribution < 1.29 is 4.79 Å². The van der Waals surface area contributed by atoms with E-state index in [9.17, 15) is 4.79 Å². The second kappa shape index (κ2) is 5.84. The lowest BCUT2D eigenvalue weighted by atomic mass is 10.2. The predicted molar refractivity (Wildman–Crippen MR) is 87.8 cm³/mol. The summed E-state index contributed by atoms with van der Waals surface area (Å²) in [5.74, 6) is 1.38. The van der Waals surface area contributed by atoms with Gasteiger partial charge in [-0.15, -0.1) is 0 Å². The average Bonchev–Trinajstić information content (AvgIpc) is 3.23. The van der Waals surface area contributed by atoms with Crippen LogP contribution in [0.2, 0.25) is 0 Å². The number of carbonyl (C=O) groups is 1. The molecule has 0 radical (unpaired) electrons. The monoisotopic (exact) mass is 320 g/mol. The molecular weight excluding hydrogens is 304 g/mol. The van der Waals surface area contributed by atoms with Crippen LogP contribution in [0.15, 0.2) is 49.2 Å². The largest absolute Gasteiger partial charge is 0.344 e. The maximum atomic E-state index is 12.3. The van der Waals surface area contributed by atoms with Crippen molar-refractivity contribution in [3.63, 3.8) is 0 Å². The molecule has 0 bridgehead atoms. The molecule has 1 aliphatic rings. The zero-order valence-electron chi connectivity index (χ0n) is 13.2. The summed E-state index contributed by atoms with van der Waals surface area (Å²) in [6, 6.07) is 5.41. The predicted octanol–water partition coefficient (Wildman–Crippen LogP) is 1.81. The fourth-order valence-electron chi connectivity index (χ4n) is 2.92. The molecule has 0 aromatic carbocycles. The van der Waals surface area contributed by atoms with E-state index in [1.54, 1.807) is 29.7 Å². The van der Waals surface area contributed by atoms with Crippen molar-refractivity contribution in [3.05, 3.63) is 49.2 Å². The van der Waals surface area contributed by atoms with E-state index < -0.39 is 0 Å². The summed E-state index contributed by atoms with van der Waals surface area (Å²) in [5.41, 5.74) is 1.50. The van der Waals surface area contributed by atoms with Gasteiger partial charge in [0.1, 0.15) is 17.6 Å². The highest BCUT2D eigenvalue weighted by Crippen LogP contribution is 2.27. The van der Waals surface area contributed by atoms with Gasteiger partial charge in [-0.05, 0) is 18.6 Å². The minimum Gasteiger partial charge on any atom is -0.344 e. The molecule has 0 unspecified atom stereocenters. The Balaban J connectivity index is 1.66. The summed E-state index contributed by atoms with van der Waals surface area (Å²) >= 11 is 0. The third-order valence-corrected chi connectivity index (χ3v) is 4.21. The van der Waals surface area contributed by atoms with Crippen molar-refractivity contribution in [3.8, 4) is 22.9 Å². The van der Waals surface area contributed by atoms with Crippen LogP contribution in [0.25, 0.3) is 22.9 Å². The molecule has 3 aromatic rings. The number of nitrogens with zero attached hydrogens (tertiary/aromatic N) is 6. The van der Waals surface area contributed by atoms with Crippen LogP contribution in [-0.4, -0.2) is 48.9 Å². The summed E-state index contributed by atoms with van der Waals surface area (Å²) < 4.78 is 1.91. The zero-order chi connectivity index (χ0) is 16.5. The normalized spacial score (nSPS) is 17.5. The number of likely N-dealkylation sites (tertiary alicyclic amines) is 1. The first-order valence-electron chi connectivity index (χ1n) is 7.75. The topological polar surface area (TPSA) is 76.8 Å². The molecule has 0 aliphatic carbocycles. The molecule has 1 saturated heterocycles. The molecule has 24 heavy (non-hydrogen) atoms. The van der Waals surface area contributed by atoms with Crippen molar-refractivity contribution in [2.24, 2.45) is 0 Å². The highest BCUT2D eigenvalue weighted by Gasteiger charge is 2.31. The van der Waals surface area contributed by atoms with Gasteiger partial charge in [0, 0.05) is 44.6 Å². The highest BCUT2D eigenvalue weighted by atomic mass is 16.2. The van der Waals surface area contributed by atoms with Crippen LogP contribution in [-0.2, 0) is 4.79 Å². The van der Waals surface area contributed by atoms with E-state index in [0.29, 0.717) is 11.6 Å². The lowest BCUT2D eigenvalue weighted by molar-refractivity contribution is -0.129. The molecule has 120 valence electrons. The minimum absolute atomic E-state index is 0.111. The van der Waals surface area contributed by atoms with Gasteiger partial charge in [-0.25, -0.2) is 15.0 Å². The number of aromatic nitrogens is 5. The van der Waals surface area contributed by atoms with Crippen LogP contribution in [0.1, 0.15) is 12.5 Å². The number of pyridine rings is 1. The Hall–Kier alpha value is -3.09. The van der Waals surface area contributed by atoms with Gasteiger partial charge in [-0.1, -0.05) is 6.07 Å². The van der Waals surface area contributed by atoms with Crippen molar-refractivity contribution in [2.45, 2.75) is 12.5 Å². The van der Waals surface area contributed by atoms with Gasteiger partial charge in [-0.3, -0.25) is 9.78 Å². The van der Waals surface area contributed by atoms with E-state index in [-0.39, 0.29) is 11.9 Å². The fourth-order valence-corrected chi connectivity index (χ4v) is 2.92. The Morgan fingerprint density at radius 2 is 1.92 bits per heavy atom. The summed E-state index contributed by atoms with van der Waals surface area (Å²) in [6.07, 6.45) is 9.47. The molecule has 1 fully saturated rings. The quantitative estimate of drug-likeness (QED) is 0.735. The van der Waals surface area contributed by atoms with E-state index >= 15 is 0 Å². The molecule has 7 nitrogen and oxygen atoms in total. The van der Waals surface area contributed by atoms with Crippen LogP contribution >= 0.6 is 0 Å². The number of rotatable bonds is 3. The Morgan fingerprint density at radius 3 is 2.58 bits per heavy atom. The van der Waals surface area contributed by atoms with Gasteiger partial charge in [0.05, 0.1) is 5.56 Å². The lowest BCUT2D eigenvalue weighted by Crippen LogP contribution is -2.24. The Kier molecular flexibility index (Phi) is 3.53. The first-order valence-corrected chi connectivity index (χ1v) is 7.75. The van der Waals surface area contributed by atoms with E-state index in [0.717, 1.165) is 24.2 Å².